The normalized spacial score (nSPS) is 12.8. The van der Waals surface area contributed by atoms with Gasteiger partial charge in [-0.2, -0.15) is 0 Å². The van der Waals surface area contributed by atoms with Crippen molar-refractivity contribution in [3.8, 4) is 5.75 Å². The molecule has 2 rings (SSSR count). The monoisotopic (exact) mass is 261 g/mol. The van der Waals surface area contributed by atoms with E-state index in [-0.39, 0.29) is 6.04 Å². The Bertz CT molecular complexity index is 546. The topological polar surface area (TPSA) is 53.1 Å². The second kappa shape index (κ2) is 6.06. The van der Waals surface area contributed by atoms with Crippen molar-refractivity contribution in [1.29, 1.82) is 0 Å². The standard InChI is InChI=1S/C15H23N3O/c1-4-8-18-14-7-6-12(19-9-5-2)10-13(14)17-15(18)11(3)16/h6-7,10-11H,4-5,8-9,16H2,1-3H3. The van der Waals surface area contributed by atoms with Gasteiger partial charge in [0.05, 0.1) is 23.7 Å². The number of nitrogens with two attached hydrogens (primary N) is 1. The van der Waals surface area contributed by atoms with Gasteiger partial charge in [0.2, 0.25) is 0 Å². The number of imidazole rings is 1. The number of fused-ring (bicyclic) bond motifs is 1. The van der Waals surface area contributed by atoms with Crippen LogP contribution in [0.4, 0.5) is 0 Å². The maximum atomic E-state index is 6.01. The number of aryl methyl sites for hydroxylation is 1. The van der Waals surface area contributed by atoms with E-state index in [9.17, 15) is 0 Å². The molecule has 0 aliphatic rings. The highest BCUT2D eigenvalue weighted by atomic mass is 16.5. The summed E-state index contributed by atoms with van der Waals surface area (Å²) < 4.78 is 7.86. The number of nitrogens with zero attached hydrogens (tertiary/aromatic N) is 2. The first-order chi connectivity index (χ1) is 9.17. The quantitative estimate of drug-likeness (QED) is 0.868. The van der Waals surface area contributed by atoms with Gasteiger partial charge >= 0.3 is 0 Å². The van der Waals surface area contributed by atoms with E-state index in [1.54, 1.807) is 0 Å². The SMILES string of the molecule is CCCOc1ccc2c(c1)nc(C(C)N)n2CCC. The lowest BCUT2D eigenvalue weighted by atomic mass is 10.3. The Morgan fingerprint density at radius 1 is 1.32 bits per heavy atom. The molecule has 0 aliphatic carbocycles. The summed E-state index contributed by atoms with van der Waals surface area (Å²) in [6, 6.07) is 6.04. The summed E-state index contributed by atoms with van der Waals surface area (Å²) in [7, 11) is 0. The smallest absolute Gasteiger partial charge is 0.126 e. The minimum Gasteiger partial charge on any atom is -0.494 e. The Kier molecular flexibility index (Phi) is 4.43. The van der Waals surface area contributed by atoms with E-state index in [1.807, 2.05) is 19.1 Å². The molecule has 104 valence electrons. The van der Waals surface area contributed by atoms with Gasteiger partial charge in [0, 0.05) is 12.6 Å². The van der Waals surface area contributed by atoms with E-state index in [0.29, 0.717) is 0 Å². The van der Waals surface area contributed by atoms with E-state index in [4.69, 9.17) is 10.5 Å². The first-order valence-corrected chi connectivity index (χ1v) is 7.06. The molecule has 1 atom stereocenters. The highest BCUT2D eigenvalue weighted by molar-refractivity contribution is 5.78. The molecule has 0 bridgehead atoms. The first-order valence-electron chi connectivity index (χ1n) is 7.06. The molecular weight excluding hydrogens is 238 g/mol. The molecule has 0 aliphatic heterocycles. The fourth-order valence-corrected chi connectivity index (χ4v) is 2.24. The van der Waals surface area contributed by atoms with E-state index in [2.05, 4.69) is 29.5 Å². The fourth-order valence-electron chi connectivity index (χ4n) is 2.24. The molecule has 0 saturated carbocycles. The number of benzene rings is 1. The van der Waals surface area contributed by atoms with Crippen molar-refractivity contribution in [2.45, 2.75) is 46.2 Å². The van der Waals surface area contributed by atoms with Gasteiger partial charge in [0.1, 0.15) is 11.6 Å². The molecule has 0 amide bonds. The lowest BCUT2D eigenvalue weighted by molar-refractivity contribution is 0.318. The van der Waals surface area contributed by atoms with E-state index in [1.165, 1.54) is 0 Å². The molecule has 4 heteroatoms. The Labute approximate surface area is 114 Å². The summed E-state index contributed by atoms with van der Waals surface area (Å²) in [6.07, 6.45) is 2.08. The van der Waals surface area contributed by atoms with Crippen molar-refractivity contribution < 1.29 is 4.74 Å². The van der Waals surface area contributed by atoms with Crippen LogP contribution >= 0.6 is 0 Å². The molecule has 19 heavy (non-hydrogen) atoms. The fraction of sp³-hybridized carbons (Fsp3) is 0.533. The van der Waals surface area contributed by atoms with Crippen LogP contribution in [-0.2, 0) is 6.54 Å². The Hall–Kier alpha value is -1.55. The number of rotatable bonds is 6. The molecule has 1 aromatic carbocycles. The zero-order valence-corrected chi connectivity index (χ0v) is 12.0. The molecule has 4 nitrogen and oxygen atoms in total. The maximum absolute atomic E-state index is 6.01. The molecule has 0 radical (unpaired) electrons. The van der Waals surface area contributed by atoms with Crippen LogP contribution in [0.3, 0.4) is 0 Å². The van der Waals surface area contributed by atoms with Crippen LogP contribution in [0, 0.1) is 0 Å². The van der Waals surface area contributed by atoms with Crippen LogP contribution in [0.2, 0.25) is 0 Å². The molecule has 1 aromatic heterocycles. The molecule has 1 unspecified atom stereocenters. The Morgan fingerprint density at radius 3 is 2.74 bits per heavy atom. The molecule has 0 fully saturated rings. The van der Waals surface area contributed by atoms with Gasteiger partial charge in [-0.1, -0.05) is 13.8 Å². The summed E-state index contributed by atoms with van der Waals surface area (Å²) in [4.78, 5) is 4.66. The highest BCUT2D eigenvalue weighted by Crippen LogP contribution is 2.24. The van der Waals surface area contributed by atoms with Crippen molar-refractivity contribution in [3.05, 3.63) is 24.0 Å². The summed E-state index contributed by atoms with van der Waals surface area (Å²) in [6.45, 7) is 7.92. The number of hydrogen-bond donors (Lipinski definition) is 1. The molecule has 2 aromatic rings. The second-order valence-corrected chi connectivity index (χ2v) is 4.91. The van der Waals surface area contributed by atoms with E-state index < -0.39 is 0 Å². The van der Waals surface area contributed by atoms with Crippen LogP contribution in [0.1, 0.15) is 45.5 Å². The molecule has 2 N–H and O–H groups in total. The zero-order chi connectivity index (χ0) is 13.8. The van der Waals surface area contributed by atoms with Gasteiger partial charge < -0.3 is 15.0 Å². The van der Waals surface area contributed by atoms with Gasteiger partial charge in [-0.25, -0.2) is 4.98 Å². The summed E-state index contributed by atoms with van der Waals surface area (Å²) in [5.41, 5.74) is 8.12. The van der Waals surface area contributed by atoms with Crippen LogP contribution < -0.4 is 10.5 Å². The third-order valence-corrected chi connectivity index (χ3v) is 3.08. The van der Waals surface area contributed by atoms with E-state index in [0.717, 1.165) is 48.6 Å². The first kappa shape index (κ1) is 13.9. The average molecular weight is 261 g/mol. The molecular formula is C15H23N3O. The number of aromatic nitrogens is 2. The third kappa shape index (κ3) is 2.89. The summed E-state index contributed by atoms with van der Waals surface area (Å²) in [5.74, 6) is 1.83. The number of hydrogen-bond acceptors (Lipinski definition) is 3. The minimum absolute atomic E-state index is 0.0565. The maximum Gasteiger partial charge on any atom is 0.126 e. The van der Waals surface area contributed by atoms with Crippen molar-refractivity contribution in [2.24, 2.45) is 5.73 Å². The van der Waals surface area contributed by atoms with Crippen molar-refractivity contribution >= 4 is 11.0 Å². The Morgan fingerprint density at radius 2 is 2.11 bits per heavy atom. The Balaban J connectivity index is 2.43. The van der Waals surface area contributed by atoms with Crippen LogP contribution in [0.5, 0.6) is 5.75 Å². The molecule has 0 saturated heterocycles. The lowest BCUT2D eigenvalue weighted by Gasteiger charge is -2.10. The summed E-state index contributed by atoms with van der Waals surface area (Å²) in [5, 5.41) is 0. The van der Waals surface area contributed by atoms with Crippen LogP contribution in [-0.4, -0.2) is 16.2 Å². The second-order valence-electron chi connectivity index (χ2n) is 4.91. The van der Waals surface area contributed by atoms with Crippen molar-refractivity contribution in [1.82, 2.24) is 9.55 Å². The van der Waals surface area contributed by atoms with Gasteiger partial charge in [-0.05, 0) is 31.9 Å². The minimum atomic E-state index is -0.0565. The predicted molar refractivity (Wildman–Crippen MR) is 78.4 cm³/mol. The molecule has 1 heterocycles. The van der Waals surface area contributed by atoms with E-state index >= 15 is 0 Å². The third-order valence-electron chi connectivity index (χ3n) is 3.08. The van der Waals surface area contributed by atoms with Crippen LogP contribution in [0.25, 0.3) is 11.0 Å². The van der Waals surface area contributed by atoms with Crippen molar-refractivity contribution in [2.75, 3.05) is 6.61 Å². The zero-order valence-electron chi connectivity index (χ0n) is 12.0. The van der Waals surface area contributed by atoms with Crippen LogP contribution in [0.15, 0.2) is 18.2 Å². The average Bonchev–Trinajstić information content (AvgIpc) is 2.75. The number of ether oxygens (including phenoxy) is 1. The van der Waals surface area contributed by atoms with Gasteiger partial charge in [-0.15, -0.1) is 0 Å². The van der Waals surface area contributed by atoms with Gasteiger partial charge in [0.15, 0.2) is 0 Å². The van der Waals surface area contributed by atoms with Gasteiger partial charge in [0.25, 0.3) is 0 Å². The van der Waals surface area contributed by atoms with Gasteiger partial charge in [-0.3, -0.25) is 0 Å². The lowest BCUT2D eigenvalue weighted by Crippen LogP contribution is -2.13. The summed E-state index contributed by atoms with van der Waals surface area (Å²) >= 11 is 0. The molecule has 0 spiro atoms. The predicted octanol–water partition coefficient (Wildman–Crippen LogP) is 3.25. The van der Waals surface area contributed by atoms with Crippen molar-refractivity contribution in [3.63, 3.8) is 0 Å². The largest absolute Gasteiger partial charge is 0.494 e. The highest BCUT2D eigenvalue weighted by Gasteiger charge is 2.13.